The molecule has 3 aromatic rings. The molecule has 0 aliphatic rings. The predicted octanol–water partition coefficient (Wildman–Crippen LogP) is 6.83. The number of rotatable bonds is 6. The molecule has 7 heteroatoms. The number of halogens is 2. The molecule has 0 spiro atoms. The first kappa shape index (κ1) is 19.7. The van der Waals surface area contributed by atoms with E-state index in [2.05, 4.69) is 16.3 Å². The number of benzene rings is 2. The molecule has 0 atom stereocenters. The molecule has 0 aliphatic carbocycles. The fourth-order valence-corrected chi connectivity index (χ4v) is 3.52. The second-order valence-electron chi connectivity index (χ2n) is 5.99. The maximum absolute atomic E-state index is 6.48. The summed E-state index contributed by atoms with van der Waals surface area (Å²) in [6.07, 6.45) is 1.78. The summed E-state index contributed by atoms with van der Waals surface area (Å²) in [6.45, 7) is 4.90. The van der Waals surface area contributed by atoms with Crippen molar-refractivity contribution in [3.05, 3.63) is 58.1 Å². The van der Waals surface area contributed by atoms with Crippen molar-refractivity contribution in [2.75, 3.05) is 13.6 Å². The van der Waals surface area contributed by atoms with Gasteiger partial charge in [-0.1, -0.05) is 53.5 Å². The van der Waals surface area contributed by atoms with E-state index < -0.39 is 0 Å². The van der Waals surface area contributed by atoms with Crippen molar-refractivity contribution in [2.24, 2.45) is 4.99 Å². The molecule has 1 heterocycles. The lowest BCUT2D eigenvalue weighted by Gasteiger charge is -2.11. The van der Waals surface area contributed by atoms with Gasteiger partial charge in [-0.05, 0) is 31.5 Å². The van der Waals surface area contributed by atoms with E-state index in [0.29, 0.717) is 26.6 Å². The Bertz CT molecular complexity index is 957. The molecule has 0 fully saturated rings. The Morgan fingerprint density at radius 3 is 2.67 bits per heavy atom. The minimum absolute atomic E-state index is 0.470. The molecule has 0 amide bonds. The van der Waals surface area contributed by atoms with E-state index in [0.717, 1.165) is 23.4 Å². The highest BCUT2D eigenvalue weighted by Gasteiger charge is 2.17. The Balaban J connectivity index is 1.85. The highest BCUT2D eigenvalue weighted by Crippen LogP contribution is 2.43. The average Bonchev–Trinajstić information content (AvgIpc) is 3.04. The molecular formula is C20H19Cl2N3OS. The fourth-order valence-electron chi connectivity index (χ4n) is 2.31. The van der Waals surface area contributed by atoms with Gasteiger partial charge in [0.1, 0.15) is 16.5 Å². The number of aryl methyl sites for hydroxylation is 1. The maximum atomic E-state index is 6.48. The van der Waals surface area contributed by atoms with Gasteiger partial charge in [0.05, 0.1) is 17.0 Å². The van der Waals surface area contributed by atoms with Gasteiger partial charge in [-0.3, -0.25) is 0 Å². The molecule has 0 saturated heterocycles. The van der Waals surface area contributed by atoms with Gasteiger partial charge in [0, 0.05) is 30.7 Å². The van der Waals surface area contributed by atoms with Crippen LogP contribution in [-0.2, 0) is 0 Å². The van der Waals surface area contributed by atoms with Crippen molar-refractivity contribution in [1.82, 2.24) is 9.27 Å². The minimum atomic E-state index is 0.470. The highest BCUT2D eigenvalue weighted by molar-refractivity contribution is 7.08. The summed E-state index contributed by atoms with van der Waals surface area (Å²) in [5.74, 6) is 0.530. The summed E-state index contributed by atoms with van der Waals surface area (Å²) in [5, 5.41) is 1.46. The largest absolute Gasteiger partial charge is 0.442 e. The Labute approximate surface area is 173 Å². The zero-order valence-electron chi connectivity index (χ0n) is 15.2. The van der Waals surface area contributed by atoms with Crippen LogP contribution >= 0.6 is 34.7 Å². The summed E-state index contributed by atoms with van der Waals surface area (Å²) in [6, 6.07) is 13.4. The minimum Gasteiger partial charge on any atom is -0.442 e. The topological polar surface area (TPSA) is 37.7 Å². The number of ether oxygens (including phenoxy) is 1. The van der Waals surface area contributed by atoms with Crippen LogP contribution in [-0.4, -0.2) is 29.2 Å². The summed E-state index contributed by atoms with van der Waals surface area (Å²) in [5.41, 5.74) is 3.40. The van der Waals surface area contributed by atoms with E-state index in [1.807, 2.05) is 55.3 Å². The molecule has 27 heavy (non-hydrogen) atoms. The summed E-state index contributed by atoms with van der Waals surface area (Å²) in [4.78, 5) is 6.46. The van der Waals surface area contributed by atoms with E-state index in [4.69, 9.17) is 27.9 Å². The summed E-state index contributed by atoms with van der Waals surface area (Å²) >= 11 is 14.1. The molecule has 140 valence electrons. The Morgan fingerprint density at radius 1 is 1.22 bits per heavy atom. The van der Waals surface area contributed by atoms with Crippen molar-refractivity contribution in [3.8, 4) is 22.1 Å². The quantitative estimate of drug-likeness (QED) is 0.324. The van der Waals surface area contributed by atoms with Crippen molar-refractivity contribution in [1.29, 1.82) is 0 Å². The number of hydrogen-bond donors (Lipinski definition) is 0. The van der Waals surface area contributed by atoms with Gasteiger partial charge in [0.15, 0.2) is 0 Å². The first-order valence-corrected chi connectivity index (χ1v) is 9.95. The second kappa shape index (κ2) is 8.74. The molecule has 0 N–H and O–H groups in total. The molecule has 0 aliphatic heterocycles. The molecule has 0 bridgehead atoms. The van der Waals surface area contributed by atoms with Gasteiger partial charge in [-0.25, -0.2) is 4.99 Å². The van der Waals surface area contributed by atoms with Crippen LogP contribution in [0.4, 0.5) is 5.69 Å². The highest BCUT2D eigenvalue weighted by atomic mass is 35.5. The van der Waals surface area contributed by atoms with E-state index in [1.54, 1.807) is 12.4 Å². The summed E-state index contributed by atoms with van der Waals surface area (Å²) in [7, 11) is 1.97. The van der Waals surface area contributed by atoms with Crippen LogP contribution in [0, 0.1) is 6.92 Å². The van der Waals surface area contributed by atoms with Crippen LogP contribution in [0.2, 0.25) is 10.0 Å². The SMILES string of the molecule is CCN(C)C=Nc1cc(Cl)c(Oc2snc(-c3ccccc3)c2Cl)cc1C. The van der Waals surface area contributed by atoms with E-state index in [-0.39, 0.29) is 0 Å². The van der Waals surface area contributed by atoms with Gasteiger partial charge < -0.3 is 9.64 Å². The van der Waals surface area contributed by atoms with Crippen molar-refractivity contribution in [2.45, 2.75) is 13.8 Å². The molecule has 2 aromatic carbocycles. The molecular weight excluding hydrogens is 401 g/mol. The molecule has 0 radical (unpaired) electrons. The third-order valence-electron chi connectivity index (χ3n) is 4.00. The molecule has 3 rings (SSSR count). The van der Waals surface area contributed by atoms with Gasteiger partial charge in [-0.15, -0.1) is 0 Å². The Kier molecular flexibility index (Phi) is 6.37. The van der Waals surface area contributed by atoms with Gasteiger partial charge in [-0.2, -0.15) is 4.37 Å². The lowest BCUT2D eigenvalue weighted by molar-refractivity contribution is 0.497. The number of aromatic nitrogens is 1. The molecule has 0 saturated carbocycles. The van der Waals surface area contributed by atoms with E-state index in [9.17, 15) is 0 Å². The van der Waals surface area contributed by atoms with Crippen LogP contribution in [0.15, 0.2) is 47.5 Å². The van der Waals surface area contributed by atoms with Crippen LogP contribution in [0.5, 0.6) is 10.8 Å². The zero-order valence-corrected chi connectivity index (χ0v) is 17.6. The molecule has 4 nitrogen and oxygen atoms in total. The smallest absolute Gasteiger partial charge is 0.219 e. The Hall–Kier alpha value is -2.08. The van der Waals surface area contributed by atoms with Crippen molar-refractivity contribution >= 4 is 46.8 Å². The molecule has 0 unspecified atom stereocenters. The van der Waals surface area contributed by atoms with Gasteiger partial charge in [0.2, 0.25) is 5.06 Å². The Morgan fingerprint density at radius 2 is 1.96 bits per heavy atom. The lowest BCUT2D eigenvalue weighted by atomic mass is 10.1. The van der Waals surface area contributed by atoms with Crippen molar-refractivity contribution in [3.63, 3.8) is 0 Å². The number of nitrogens with zero attached hydrogens (tertiary/aromatic N) is 3. The van der Waals surface area contributed by atoms with Crippen LogP contribution < -0.4 is 4.74 Å². The lowest BCUT2D eigenvalue weighted by Crippen LogP contribution is -2.14. The first-order chi connectivity index (χ1) is 13.0. The van der Waals surface area contributed by atoms with Crippen molar-refractivity contribution < 1.29 is 4.74 Å². The van der Waals surface area contributed by atoms with Crippen LogP contribution in [0.1, 0.15) is 12.5 Å². The van der Waals surface area contributed by atoms with Gasteiger partial charge >= 0.3 is 0 Å². The maximum Gasteiger partial charge on any atom is 0.219 e. The van der Waals surface area contributed by atoms with E-state index in [1.165, 1.54) is 11.5 Å². The summed E-state index contributed by atoms with van der Waals surface area (Å²) < 4.78 is 10.4. The standard InChI is InChI=1S/C20H19Cl2N3OS/c1-4-25(3)12-23-16-11-15(21)17(10-13(16)2)26-20-18(22)19(24-27-20)14-8-6-5-7-9-14/h5-12H,4H2,1-3H3. The molecule has 1 aromatic heterocycles. The average molecular weight is 420 g/mol. The second-order valence-corrected chi connectivity index (χ2v) is 7.51. The first-order valence-electron chi connectivity index (χ1n) is 8.42. The third-order valence-corrected chi connectivity index (χ3v) is 5.49. The van der Waals surface area contributed by atoms with Crippen LogP contribution in [0.3, 0.4) is 0 Å². The van der Waals surface area contributed by atoms with E-state index >= 15 is 0 Å². The zero-order chi connectivity index (χ0) is 19.4. The fraction of sp³-hybridized carbons (Fsp3) is 0.200. The number of aliphatic imine (C=N–C) groups is 1. The monoisotopic (exact) mass is 419 g/mol. The van der Waals surface area contributed by atoms with Crippen LogP contribution in [0.25, 0.3) is 11.3 Å². The number of hydrogen-bond acceptors (Lipinski definition) is 4. The predicted molar refractivity (Wildman–Crippen MR) is 115 cm³/mol. The van der Waals surface area contributed by atoms with Gasteiger partial charge in [0.25, 0.3) is 0 Å². The normalized spacial score (nSPS) is 11.1. The third kappa shape index (κ3) is 4.61.